The molecule has 0 saturated carbocycles. The van der Waals surface area contributed by atoms with Crippen molar-refractivity contribution in [1.29, 1.82) is 0 Å². The van der Waals surface area contributed by atoms with Crippen LogP contribution in [0.2, 0.25) is 0 Å². The van der Waals surface area contributed by atoms with E-state index in [1.54, 1.807) is 30.7 Å². The Morgan fingerprint density at radius 1 is 1.16 bits per heavy atom. The standard InChI is InChI=1S/C32H29N9O3/c1-4-15-35-30-28(29(34)38-39(30)3)31(43)37-20(2)25-16-23-10-8-9-22(14-13-21-18-36-40(19-21)26(42)17-33)27(23)32(44)41(25)24-11-6-5-7-12-24/h4-12,15-16,18-20H,1,17,33H2,2-3H3,(H2,34,38)(H,37,43)/b35-15-. The molecule has 1 atom stereocenters. The Morgan fingerprint density at radius 3 is 2.66 bits per heavy atom. The Bertz CT molecular complexity index is 2060. The van der Waals surface area contributed by atoms with Crippen molar-refractivity contribution in [2.45, 2.75) is 13.0 Å². The third-order valence-corrected chi connectivity index (χ3v) is 6.81. The number of carbonyl (C=O) groups excluding carboxylic acids is 2. The SMILES string of the molecule is C=C/C=N\c1c(C(=O)NC(C)c2cc3cccc(C#Cc4cnn(C(=O)CN)c4)c3c(=O)n2-c2ccccc2)c(N)nn1C. The Morgan fingerprint density at radius 2 is 1.93 bits per heavy atom. The number of pyridine rings is 1. The zero-order valence-corrected chi connectivity index (χ0v) is 24.1. The van der Waals surface area contributed by atoms with Crippen LogP contribution in [0.1, 0.15) is 44.9 Å². The molecule has 12 nitrogen and oxygen atoms in total. The molecule has 0 aliphatic carbocycles. The minimum absolute atomic E-state index is 0.0218. The van der Waals surface area contributed by atoms with Gasteiger partial charge in [0.1, 0.15) is 5.56 Å². The fourth-order valence-electron chi connectivity index (χ4n) is 4.77. The second-order valence-electron chi connectivity index (χ2n) is 9.75. The topological polar surface area (TPSA) is 168 Å². The Kier molecular flexibility index (Phi) is 8.32. The highest BCUT2D eigenvalue weighted by Crippen LogP contribution is 2.27. The maximum atomic E-state index is 14.2. The number of anilines is 1. The fourth-order valence-corrected chi connectivity index (χ4v) is 4.77. The van der Waals surface area contributed by atoms with Crippen LogP contribution in [0.5, 0.6) is 0 Å². The van der Waals surface area contributed by atoms with Gasteiger partial charge in [-0.05, 0) is 36.6 Å². The summed E-state index contributed by atoms with van der Waals surface area (Å²) in [5.74, 6) is 5.46. The van der Waals surface area contributed by atoms with E-state index in [1.807, 2.05) is 42.5 Å². The van der Waals surface area contributed by atoms with Gasteiger partial charge in [0.25, 0.3) is 17.4 Å². The highest BCUT2D eigenvalue weighted by atomic mass is 16.2. The summed E-state index contributed by atoms with van der Waals surface area (Å²) in [4.78, 5) is 43.8. The van der Waals surface area contributed by atoms with Crippen LogP contribution in [-0.2, 0) is 7.05 Å². The van der Waals surface area contributed by atoms with E-state index in [1.165, 1.54) is 29.4 Å². The van der Waals surface area contributed by atoms with Crippen molar-refractivity contribution in [3.8, 4) is 17.5 Å². The number of aryl methyl sites for hydroxylation is 1. The van der Waals surface area contributed by atoms with Crippen molar-refractivity contribution in [1.82, 2.24) is 29.4 Å². The van der Waals surface area contributed by atoms with Gasteiger partial charge in [0, 0.05) is 36.4 Å². The first-order chi connectivity index (χ1) is 21.2. The lowest BCUT2D eigenvalue weighted by molar-refractivity contribution is 0.0906. The lowest BCUT2D eigenvalue weighted by Crippen LogP contribution is -2.32. The quantitative estimate of drug-likeness (QED) is 0.194. The van der Waals surface area contributed by atoms with E-state index in [2.05, 4.69) is 38.9 Å². The highest BCUT2D eigenvalue weighted by molar-refractivity contribution is 6.03. The van der Waals surface area contributed by atoms with Gasteiger partial charge in [0.05, 0.1) is 29.7 Å². The van der Waals surface area contributed by atoms with Crippen LogP contribution < -0.4 is 22.3 Å². The van der Waals surface area contributed by atoms with Crippen LogP contribution in [0, 0.1) is 11.8 Å². The molecule has 0 saturated heterocycles. The molecule has 0 bridgehead atoms. The van der Waals surface area contributed by atoms with E-state index in [0.29, 0.717) is 33.3 Å². The van der Waals surface area contributed by atoms with Crippen LogP contribution in [0.15, 0.2) is 89.4 Å². The fraction of sp³-hybridized carbons (Fsp3) is 0.125. The van der Waals surface area contributed by atoms with Crippen molar-refractivity contribution in [2.24, 2.45) is 17.8 Å². The minimum Gasteiger partial charge on any atom is -0.381 e. The molecule has 5 N–H and O–H groups in total. The molecule has 44 heavy (non-hydrogen) atoms. The number of aliphatic imine (C=N–C) groups is 1. The number of carbonyl (C=O) groups is 2. The largest absolute Gasteiger partial charge is 0.381 e. The van der Waals surface area contributed by atoms with Gasteiger partial charge < -0.3 is 16.8 Å². The molecule has 0 radical (unpaired) electrons. The number of nitrogens with two attached hydrogens (primary N) is 2. The van der Waals surface area contributed by atoms with Gasteiger partial charge in [0.2, 0.25) is 0 Å². The van der Waals surface area contributed by atoms with E-state index in [-0.39, 0.29) is 35.2 Å². The van der Waals surface area contributed by atoms with E-state index in [0.717, 1.165) is 4.68 Å². The average Bonchev–Trinajstić information content (AvgIpc) is 3.61. The predicted octanol–water partition coefficient (Wildman–Crippen LogP) is 2.88. The second-order valence-corrected chi connectivity index (χ2v) is 9.75. The Hall–Kier alpha value is -6.06. The Balaban J connectivity index is 1.61. The molecule has 1 amide bonds. The molecule has 2 aromatic carbocycles. The van der Waals surface area contributed by atoms with Gasteiger partial charge in [-0.3, -0.25) is 19.0 Å². The number of hydrogen-bond acceptors (Lipinski definition) is 8. The van der Waals surface area contributed by atoms with Crippen LogP contribution in [0.25, 0.3) is 16.5 Å². The summed E-state index contributed by atoms with van der Waals surface area (Å²) in [5, 5.41) is 12.1. The number of allylic oxidation sites excluding steroid dienone is 1. The van der Waals surface area contributed by atoms with Crippen molar-refractivity contribution in [3.63, 3.8) is 0 Å². The first-order valence-corrected chi connectivity index (χ1v) is 13.6. The summed E-state index contributed by atoms with van der Waals surface area (Å²) in [6.07, 6.45) is 5.87. The summed E-state index contributed by atoms with van der Waals surface area (Å²) in [7, 11) is 1.63. The first-order valence-electron chi connectivity index (χ1n) is 13.6. The van der Waals surface area contributed by atoms with Crippen molar-refractivity contribution in [2.75, 3.05) is 12.3 Å². The van der Waals surface area contributed by atoms with Gasteiger partial charge >= 0.3 is 0 Å². The van der Waals surface area contributed by atoms with Crippen LogP contribution in [0.4, 0.5) is 11.6 Å². The van der Waals surface area contributed by atoms with Gasteiger partial charge in [-0.15, -0.1) is 0 Å². The molecule has 0 aliphatic rings. The minimum atomic E-state index is -0.642. The molecule has 0 aliphatic heterocycles. The van der Waals surface area contributed by atoms with Crippen molar-refractivity contribution < 1.29 is 9.59 Å². The molecule has 3 heterocycles. The molecule has 1 unspecified atom stereocenters. The third-order valence-electron chi connectivity index (χ3n) is 6.81. The van der Waals surface area contributed by atoms with E-state index < -0.39 is 11.9 Å². The van der Waals surface area contributed by atoms with Crippen molar-refractivity contribution in [3.05, 3.63) is 112 Å². The van der Waals surface area contributed by atoms with Crippen molar-refractivity contribution >= 4 is 40.4 Å². The monoisotopic (exact) mass is 587 g/mol. The molecule has 0 fully saturated rings. The van der Waals surface area contributed by atoms with E-state index in [9.17, 15) is 14.4 Å². The van der Waals surface area contributed by atoms with Gasteiger partial charge in [0.15, 0.2) is 11.6 Å². The number of fused-ring (bicyclic) bond motifs is 1. The number of para-hydroxylation sites is 1. The summed E-state index contributed by atoms with van der Waals surface area (Å²) < 4.78 is 4.10. The molecular weight excluding hydrogens is 558 g/mol. The van der Waals surface area contributed by atoms with Gasteiger partial charge in [-0.2, -0.15) is 10.2 Å². The number of nitrogens with one attached hydrogen (secondary N) is 1. The number of aromatic nitrogens is 5. The van der Waals surface area contributed by atoms with Gasteiger partial charge in [-0.25, -0.2) is 14.4 Å². The summed E-state index contributed by atoms with van der Waals surface area (Å²) in [5.41, 5.74) is 13.4. The smallest absolute Gasteiger partial charge is 0.264 e. The lowest BCUT2D eigenvalue weighted by Gasteiger charge is -2.21. The first kappa shape index (κ1) is 29.4. The maximum absolute atomic E-state index is 14.2. The molecule has 12 heteroatoms. The van der Waals surface area contributed by atoms with Gasteiger partial charge in [-0.1, -0.05) is 54.8 Å². The third kappa shape index (κ3) is 5.67. The molecule has 220 valence electrons. The molecule has 3 aromatic heterocycles. The molecule has 5 aromatic rings. The van der Waals surface area contributed by atoms with Crippen LogP contribution in [-0.4, -0.2) is 48.7 Å². The lowest BCUT2D eigenvalue weighted by atomic mass is 10.0. The maximum Gasteiger partial charge on any atom is 0.264 e. The van der Waals surface area contributed by atoms with Crippen LogP contribution >= 0.6 is 0 Å². The number of amides is 1. The van der Waals surface area contributed by atoms with E-state index in [4.69, 9.17) is 11.5 Å². The Labute approximate surface area is 252 Å². The zero-order valence-electron chi connectivity index (χ0n) is 24.1. The molecule has 5 rings (SSSR count). The number of nitrogens with zero attached hydrogens (tertiary/aromatic N) is 6. The number of rotatable bonds is 7. The van der Waals surface area contributed by atoms with Crippen LogP contribution in [0.3, 0.4) is 0 Å². The molecular formula is C32H29N9O3. The number of benzene rings is 2. The predicted molar refractivity (Wildman–Crippen MR) is 169 cm³/mol. The van der Waals surface area contributed by atoms with E-state index >= 15 is 0 Å². The average molecular weight is 588 g/mol. The summed E-state index contributed by atoms with van der Waals surface area (Å²) >= 11 is 0. The number of hydrogen-bond donors (Lipinski definition) is 3. The summed E-state index contributed by atoms with van der Waals surface area (Å²) in [6, 6.07) is 15.7. The normalized spacial score (nSPS) is 11.7. The zero-order chi connectivity index (χ0) is 31.4. The summed E-state index contributed by atoms with van der Waals surface area (Å²) in [6.45, 7) is 5.21. The highest BCUT2D eigenvalue weighted by Gasteiger charge is 2.25. The molecule has 0 spiro atoms. The second kappa shape index (κ2) is 12.4. The number of nitrogen functional groups attached to an aromatic ring is 1.